The minimum atomic E-state index is -1.39. The van der Waals surface area contributed by atoms with Crippen molar-refractivity contribution in [3.63, 3.8) is 0 Å². The third kappa shape index (κ3) is 4.42. The number of hydrogen-bond donors (Lipinski definition) is 3. The highest BCUT2D eigenvalue weighted by atomic mass is 19.1. The Balaban J connectivity index is 2.72. The van der Waals surface area contributed by atoms with Gasteiger partial charge in [-0.25, -0.2) is 14.0 Å². The van der Waals surface area contributed by atoms with Gasteiger partial charge in [0, 0.05) is 11.7 Å². The molecular formula is C13H15FN2O3. The first-order valence-electron chi connectivity index (χ1n) is 5.65. The maximum Gasteiger partial charge on any atom is 0.338 e. The van der Waals surface area contributed by atoms with E-state index in [9.17, 15) is 14.0 Å². The molecule has 1 rings (SSSR count). The van der Waals surface area contributed by atoms with Crippen LogP contribution in [0, 0.1) is 5.82 Å². The van der Waals surface area contributed by atoms with Crippen LogP contribution in [0.1, 0.15) is 23.7 Å². The quantitative estimate of drug-likeness (QED) is 0.717. The molecule has 102 valence electrons. The number of carbonyl (C=O) groups is 2. The third-order valence-corrected chi connectivity index (χ3v) is 2.35. The van der Waals surface area contributed by atoms with Gasteiger partial charge < -0.3 is 15.7 Å². The van der Waals surface area contributed by atoms with Gasteiger partial charge in [-0.1, -0.05) is 6.08 Å². The van der Waals surface area contributed by atoms with Crippen molar-refractivity contribution in [3.8, 4) is 0 Å². The van der Waals surface area contributed by atoms with Crippen LogP contribution in [-0.4, -0.2) is 23.1 Å². The summed E-state index contributed by atoms with van der Waals surface area (Å²) in [4.78, 5) is 22.3. The van der Waals surface area contributed by atoms with Gasteiger partial charge in [0.15, 0.2) is 0 Å². The van der Waals surface area contributed by atoms with E-state index in [1.807, 2.05) is 0 Å². The van der Waals surface area contributed by atoms with Crippen LogP contribution in [0.15, 0.2) is 30.9 Å². The molecule has 0 aliphatic heterocycles. The summed E-state index contributed by atoms with van der Waals surface area (Å²) in [7, 11) is 0. The molecule has 0 spiro atoms. The van der Waals surface area contributed by atoms with Crippen molar-refractivity contribution in [2.24, 2.45) is 0 Å². The molecule has 19 heavy (non-hydrogen) atoms. The zero-order chi connectivity index (χ0) is 14.4. The van der Waals surface area contributed by atoms with E-state index in [4.69, 9.17) is 5.11 Å². The number of anilines is 1. The number of carboxylic acid groups (broad SMARTS) is 1. The van der Waals surface area contributed by atoms with Crippen LogP contribution in [0.3, 0.4) is 0 Å². The predicted octanol–water partition coefficient (Wildman–Crippen LogP) is 2.61. The number of rotatable bonds is 5. The highest BCUT2D eigenvalue weighted by molar-refractivity contribution is 5.93. The fourth-order valence-electron chi connectivity index (χ4n) is 1.47. The average molecular weight is 266 g/mol. The monoisotopic (exact) mass is 266 g/mol. The van der Waals surface area contributed by atoms with E-state index < -0.39 is 23.4 Å². The fraction of sp³-hybridized carbons (Fsp3) is 0.231. The van der Waals surface area contributed by atoms with Crippen molar-refractivity contribution in [1.82, 2.24) is 5.32 Å². The van der Waals surface area contributed by atoms with Crippen molar-refractivity contribution in [3.05, 3.63) is 42.2 Å². The SMILES string of the molecule is C=CCC(C)NC(=O)Nc1ccc(F)c(C(=O)O)c1. The summed E-state index contributed by atoms with van der Waals surface area (Å²) in [5.41, 5.74) is -0.279. The highest BCUT2D eigenvalue weighted by Crippen LogP contribution is 2.14. The second-order valence-electron chi connectivity index (χ2n) is 4.02. The maximum atomic E-state index is 13.1. The molecule has 0 bridgehead atoms. The van der Waals surface area contributed by atoms with E-state index in [1.54, 1.807) is 13.0 Å². The molecule has 0 saturated carbocycles. The van der Waals surface area contributed by atoms with Gasteiger partial charge in [-0.3, -0.25) is 0 Å². The molecule has 2 amide bonds. The van der Waals surface area contributed by atoms with Gasteiger partial charge in [-0.05, 0) is 31.5 Å². The van der Waals surface area contributed by atoms with Gasteiger partial charge in [0.05, 0.1) is 5.56 Å². The molecule has 0 saturated heterocycles. The average Bonchev–Trinajstić information content (AvgIpc) is 2.31. The second kappa shape index (κ2) is 6.53. The molecule has 5 nitrogen and oxygen atoms in total. The molecule has 0 fully saturated rings. The second-order valence-corrected chi connectivity index (χ2v) is 4.02. The summed E-state index contributed by atoms with van der Waals surface area (Å²) in [6.45, 7) is 5.35. The van der Waals surface area contributed by atoms with Gasteiger partial charge in [-0.15, -0.1) is 6.58 Å². The molecule has 0 aliphatic rings. The number of halogens is 1. The van der Waals surface area contributed by atoms with E-state index in [-0.39, 0.29) is 11.7 Å². The van der Waals surface area contributed by atoms with Crippen LogP contribution >= 0.6 is 0 Å². The number of urea groups is 1. The van der Waals surface area contributed by atoms with E-state index in [1.165, 1.54) is 6.07 Å². The lowest BCUT2D eigenvalue weighted by atomic mass is 10.2. The van der Waals surface area contributed by atoms with Gasteiger partial charge in [0.2, 0.25) is 0 Å². The number of aromatic carboxylic acids is 1. The molecule has 0 aromatic heterocycles. The Morgan fingerprint density at radius 2 is 2.21 bits per heavy atom. The van der Waals surface area contributed by atoms with Crippen molar-refractivity contribution < 1.29 is 19.1 Å². The standard InChI is InChI=1S/C13H15FN2O3/c1-3-4-8(2)15-13(19)16-9-5-6-11(14)10(7-9)12(17)18/h3,5-8H,1,4H2,2H3,(H,17,18)(H2,15,16,19). The first-order valence-corrected chi connectivity index (χ1v) is 5.65. The number of hydrogen-bond acceptors (Lipinski definition) is 2. The lowest BCUT2D eigenvalue weighted by Crippen LogP contribution is -2.35. The Labute approximate surface area is 110 Å². The van der Waals surface area contributed by atoms with Gasteiger partial charge >= 0.3 is 12.0 Å². The van der Waals surface area contributed by atoms with Crippen LogP contribution in [0.4, 0.5) is 14.9 Å². The number of nitrogens with one attached hydrogen (secondary N) is 2. The lowest BCUT2D eigenvalue weighted by molar-refractivity contribution is 0.0692. The normalized spacial score (nSPS) is 11.5. The molecule has 1 atom stereocenters. The minimum absolute atomic E-state index is 0.100. The zero-order valence-corrected chi connectivity index (χ0v) is 10.4. The van der Waals surface area contributed by atoms with Crippen LogP contribution in [0.25, 0.3) is 0 Å². The molecule has 0 aliphatic carbocycles. The Hall–Kier alpha value is -2.37. The fourth-order valence-corrected chi connectivity index (χ4v) is 1.47. The summed E-state index contributed by atoms with van der Waals surface area (Å²) in [6.07, 6.45) is 2.28. The molecular weight excluding hydrogens is 251 g/mol. The molecule has 1 aromatic rings. The van der Waals surface area contributed by atoms with Crippen molar-refractivity contribution in [1.29, 1.82) is 0 Å². The number of amides is 2. The van der Waals surface area contributed by atoms with Crippen LogP contribution < -0.4 is 10.6 Å². The highest BCUT2D eigenvalue weighted by Gasteiger charge is 2.12. The Morgan fingerprint density at radius 3 is 2.79 bits per heavy atom. The summed E-state index contributed by atoms with van der Waals surface area (Å²) in [5, 5.41) is 13.8. The Kier molecular flexibility index (Phi) is 5.05. The van der Waals surface area contributed by atoms with Crippen molar-refractivity contribution >= 4 is 17.7 Å². The molecule has 0 radical (unpaired) electrons. The first kappa shape index (κ1) is 14.7. The Bertz CT molecular complexity index is 503. The van der Waals surface area contributed by atoms with E-state index >= 15 is 0 Å². The largest absolute Gasteiger partial charge is 0.478 e. The molecule has 1 aromatic carbocycles. The van der Waals surface area contributed by atoms with E-state index in [2.05, 4.69) is 17.2 Å². The lowest BCUT2D eigenvalue weighted by Gasteiger charge is -2.13. The summed E-state index contributed by atoms with van der Waals surface area (Å²) >= 11 is 0. The van der Waals surface area contributed by atoms with Crippen molar-refractivity contribution in [2.45, 2.75) is 19.4 Å². The van der Waals surface area contributed by atoms with Crippen LogP contribution in [0.5, 0.6) is 0 Å². The number of benzene rings is 1. The topological polar surface area (TPSA) is 78.4 Å². The van der Waals surface area contributed by atoms with Gasteiger partial charge in [-0.2, -0.15) is 0 Å². The number of carbonyl (C=O) groups excluding carboxylic acids is 1. The zero-order valence-electron chi connectivity index (χ0n) is 10.4. The number of carboxylic acids is 1. The molecule has 0 heterocycles. The van der Waals surface area contributed by atoms with Gasteiger partial charge in [0.25, 0.3) is 0 Å². The predicted molar refractivity (Wildman–Crippen MR) is 69.8 cm³/mol. The van der Waals surface area contributed by atoms with E-state index in [0.717, 1.165) is 12.1 Å². The van der Waals surface area contributed by atoms with E-state index in [0.29, 0.717) is 6.42 Å². The maximum absolute atomic E-state index is 13.1. The summed E-state index contributed by atoms with van der Waals surface area (Å²) in [5.74, 6) is -2.24. The summed E-state index contributed by atoms with van der Waals surface area (Å²) < 4.78 is 13.1. The Morgan fingerprint density at radius 1 is 1.53 bits per heavy atom. The molecule has 6 heteroatoms. The first-order chi connectivity index (χ1) is 8.93. The van der Waals surface area contributed by atoms with Crippen LogP contribution in [-0.2, 0) is 0 Å². The van der Waals surface area contributed by atoms with Gasteiger partial charge in [0.1, 0.15) is 5.82 Å². The molecule has 3 N–H and O–H groups in total. The minimum Gasteiger partial charge on any atom is -0.478 e. The van der Waals surface area contributed by atoms with Crippen LogP contribution in [0.2, 0.25) is 0 Å². The molecule has 1 unspecified atom stereocenters. The smallest absolute Gasteiger partial charge is 0.338 e. The van der Waals surface area contributed by atoms with Crippen molar-refractivity contribution in [2.75, 3.05) is 5.32 Å². The summed E-state index contributed by atoms with van der Waals surface area (Å²) in [6, 6.07) is 2.76. The third-order valence-electron chi connectivity index (χ3n) is 2.35.